The van der Waals surface area contributed by atoms with Gasteiger partial charge in [-0.2, -0.15) is 5.10 Å². The lowest BCUT2D eigenvalue weighted by Gasteiger charge is -2.49. The summed E-state index contributed by atoms with van der Waals surface area (Å²) < 4.78 is 2.07. The molecule has 1 amide bonds. The molecular weight excluding hydrogens is 312 g/mol. The predicted molar refractivity (Wildman–Crippen MR) is 98.2 cm³/mol. The second-order valence-corrected chi connectivity index (χ2v) is 7.42. The van der Waals surface area contributed by atoms with Gasteiger partial charge in [0.1, 0.15) is 0 Å². The van der Waals surface area contributed by atoms with Gasteiger partial charge in [0.05, 0.1) is 5.69 Å². The summed E-state index contributed by atoms with van der Waals surface area (Å²) >= 11 is 0. The Labute approximate surface area is 149 Å². The van der Waals surface area contributed by atoms with Crippen molar-refractivity contribution in [1.82, 2.24) is 20.0 Å². The second kappa shape index (κ2) is 6.64. The molecule has 2 bridgehead atoms. The maximum atomic E-state index is 11.2. The molecule has 3 fully saturated rings. The van der Waals surface area contributed by atoms with Crippen molar-refractivity contribution in [3.05, 3.63) is 42.1 Å². The van der Waals surface area contributed by atoms with Gasteiger partial charge in [-0.3, -0.25) is 14.4 Å². The number of rotatable bonds is 4. The van der Waals surface area contributed by atoms with Gasteiger partial charge in [0.2, 0.25) is 5.91 Å². The van der Waals surface area contributed by atoms with Crippen molar-refractivity contribution in [3.8, 4) is 11.3 Å². The summed E-state index contributed by atoms with van der Waals surface area (Å²) in [4.78, 5) is 13.8. The average Bonchev–Trinajstić information content (AvgIpc) is 3.03. The number of fused-ring (bicyclic) bond motifs is 3. The lowest BCUT2D eigenvalue weighted by molar-refractivity contribution is -0.119. The molecule has 1 N–H and O–H groups in total. The number of nitrogens with one attached hydrogen (secondary N) is 1. The van der Waals surface area contributed by atoms with Crippen molar-refractivity contribution in [3.63, 3.8) is 0 Å². The molecule has 0 radical (unpaired) electrons. The van der Waals surface area contributed by atoms with E-state index >= 15 is 0 Å². The molecule has 1 aromatic heterocycles. The number of hydrogen-bond donors (Lipinski definition) is 1. The van der Waals surface area contributed by atoms with E-state index in [9.17, 15) is 4.79 Å². The van der Waals surface area contributed by atoms with Crippen molar-refractivity contribution < 1.29 is 4.79 Å². The first kappa shape index (κ1) is 16.3. The Balaban J connectivity index is 1.52. The largest absolute Gasteiger partial charge is 0.355 e. The van der Waals surface area contributed by atoms with Crippen LogP contribution in [-0.4, -0.2) is 46.3 Å². The fraction of sp³-hybridized carbons (Fsp3) is 0.500. The number of amides is 1. The van der Waals surface area contributed by atoms with Crippen molar-refractivity contribution >= 4 is 5.91 Å². The van der Waals surface area contributed by atoms with Gasteiger partial charge < -0.3 is 5.32 Å². The Morgan fingerprint density at radius 3 is 2.80 bits per heavy atom. The van der Waals surface area contributed by atoms with E-state index in [-0.39, 0.29) is 5.91 Å². The first-order valence-corrected chi connectivity index (χ1v) is 9.19. The molecule has 0 aliphatic carbocycles. The summed E-state index contributed by atoms with van der Waals surface area (Å²) in [6.07, 6.45) is 2.41. The van der Waals surface area contributed by atoms with Gasteiger partial charge >= 0.3 is 0 Å². The molecule has 132 valence electrons. The van der Waals surface area contributed by atoms with E-state index in [0.29, 0.717) is 17.9 Å². The number of carbonyl (C=O) groups is 1. The van der Waals surface area contributed by atoms with Gasteiger partial charge in [-0.15, -0.1) is 0 Å². The molecule has 5 nitrogen and oxygen atoms in total. The molecule has 0 saturated carbocycles. The Bertz CT molecular complexity index is 754. The van der Waals surface area contributed by atoms with Gasteiger partial charge in [0.15, 0.2) is 0 Å². The number of aryl methyl sites for hydroxylation is 1. The van der Waals surface area contributed by atoms with E-state index in [1.54, 1.807) is 6.92 Å². The van der Waals surface area contributed by atoms with Crippen LogP contribution in [0.15, 0.2) is 36.4 Å². The Hall–Kier alpha value is -2.14. The zero-order chi connectivity index (χ0) is 17.4. The van der Waals surface area contributed by atoms with Crippen LogP contribution in [0.25, 0.3) is 11.3 Å². The zero-order valence-electron chi connectivity index (χ0n) is 15.0. The molecule has 3 aliphatic heterocycles. The fourth-order valence-corrected chi connectivity index (χ4v) is 4.53. The number of benzene rings is 1. The van der Waals surface area contributed by atoms with Crippen molar-refractivity contribution in [1.29, 1.82) is 0 Å². The van der Waals surface area contributed by atoms with E-state index in [0.717, 1.165) is 31.7 Å². The molecule has 4 heterocycles. The fourth-order valence-electron chi connectivity index (χ4n) is 4.53. The highest BCUT2D eigenvalue weighted by molar-refractivity contribution is 5.72. The van der Waals surface area contributed by atoms with Crippen molar-refractivity contribution in [2.75, 3.05) is 19.6 Å². The summed E-state index contributed by atoms with van der Waals surface area (Å²) in [6, 6.07) is 13.1. The monoisotopic (exact) mass is 338 g/mol. The summed E-state index contributed by atoms with van der Waals surface area (Å²) in [5.41, 5.74) is 3.57. The molecule has 4 atom stereocenters. The van der Waals surface area contributed by atoms with Crippen LogP contribution in [0.5, 0.6) is 0 Å². The molecule has 3 saturated heterocycles. The zero-order valence-corrected chi connectivity index (χ0v) is 15.0. The second-order valence-electron chi connectivity index (χ2n) is 7.42. The summed E-state index contributed by atoms with van der Waals surface area (Å²) in [5.74, 6) is 1.29. The Morgan fingerprint density at radius 2 is 2.12 bits per heavy atom. The van der Waals surface area contributed by atoms with E-state index in [1.165, 1.54) is 17.7 Å². The molecule has 2 aromatic rings. The number of hydrogen-bond acceptors (Lipinski definition) is 3. The van der Waals surface area contributed by atoms with Crippen LogP contribution in [0.3, 0.4) is 0 Å². The van der Waals surface area contributed by atoms with Gasteiger partial charge in [0, 0.05) is 50.3 Å². The van der Waals surface area contributed by atoms with Crippen LogP contribution in [0.4, 0.5) is 0 Å². The standard InChI is InChI=1S/C20H26N4O/c1-14(25)21-12-17-10-16-8-9-24(17)13-18(16)20-11-19(22-23(20)2)15-6-4-3-5-7-15/h3-7,11,16-18H,8-10,12-13H2,1-2H3,(H,21,25). The van der Waals surface area contributed by atoms with E-state index in [2.05, 4.69) is 52.3 Å². The summed E-state index contributed by atoms with van der Waals surface area (Å²) in [6.45, 7) is 4.59. The molecule has 3 aliphatic rings. The molecule has 4 unspecified atom stereocenters. The van der Waals surface area contributed by atoms with Gasteiger partial charge in [-0.1, -0.05) is 30.3 Å². The normalized spacial score (nSPS) is 28.1. The molecule has 5 rings (SSSR count). The molecule has 25 heavy (non-hydrogen) atoms. The highest BCUT2D eigenvalue weighted by Gasteiger charge is 2.41. The quantitative estimate of drug-likeness (QED) is 0.931. The smallest absolute Gasteiger partial charge is 0.216 e. The first-order valence-electron chi connectivity index (χ1n) is 9.19. The van der Waals surface area contributed by atoms with Gasteiger partial charge in [0.25, 0.3) is 0 Å². The lowest BCUT2D eigenvalue weighted by Crippen LogP contribution is -2.56. The maximum absolute atomic E-state index is 11.2. The van der Waals surface area contributed by atoms with Gasteiger partial charge in [-0.05, 0) is 31.4 Å². The SMILES string of the molecule is CC(=O)NCC1CC2CCN1CC2c1cc(-c2ccccc2)nn1C. The highest BCUT2D eigenvalue weighted by Crippen LogP contribution is 2.42. The van der Waals surface area contributed by atoms with Crippen molar-refractivity contribution in [2.45, 2.75) is 31.7 Å². The minimum Gasteiger partial charge on any atom is -0.355 e. The average molecular weight is 338 g/mol. The Morgan fingerprint density at radius 1 is 1.32 bits per heavy atom. The minimum absolute atomic E-state index is 0.0679. The van der Waals surface area contributed by atoms with Gasteiger partial charge in [-0.25, -0.2) is 0 Å². The molecule has 0 spiro atoms. The van der Waals surface area contributed by atoms with Crippen LogP contribution < -0.4 is 5.32 Å². The third kappa shape index (κ3) is 3.21. The summed E-state index contributed by atoms with van der Waals surface area (Å²) in [5, 5.41) is 7.75. The highest BCUT2D eigenvalue weighted by atomic mass is 16.1. The van der Waals surface area contributed by atoms with Crippen LogP contribution in [0.2, 0.25) is 0 Å². The van der Waals surface area contributed by atoms with Crippen LogP contribution in [-0.2, 0) is 11.8 Å². The van der Waals surface area contributed by atoms with Crippen molar-refractivity contribution in [2.24, 2.45) is 13.0 Å². The van der Waals surface area contributed by atoms with Crippen LogP contribution in [0, 0.1) is 5.92 Å². The third-order valence-corrected chi connectivity index (χ3v) is 5.83. The first-order chi connectivity index (χ1) is 12.1. The number of piperidine rings is 3. The topological polar surface area (TPSA) is 50.2 Å². The van der Waals surface area contributed by atoms with Crippen LogP contribution in [0.1, 0.15) is 31.4 Å². The maximum Gasteiger partial charge on any atom is 0.216 e. The van der Waals surface area contributed by atoms with E-state index in [1.807, 2.05) is 6.07 Å². The van der Waals surface area contributed by atoms with E-state index in [4.69, 9.17) is 5.10 Å². The number of carbonyl (C=O) groups excluding carboxylic acids is 1. The van der Waals surface area contributed by atoms with Crippen LogP contribution >= 0.6 is 0 Å². The Kier molecular flexibility index (Phi) is 4.34. The minimum atomic E-state index is 0.0679. The molecular formula is C20H26N4O. The van der Waals surface area contributed by atoms with E-state index < -0.39 is 0 Å². The predicted octanol–water partition coefficient (Wildman–Crippen LogP) is 2.40. The number of aromatic nitrogens is 2. The summed E-state index contributed by atoms with van der Waals surface area (Å²) in [7, 11) is 2.06. The third-order valence-electron chi connectivity index (χ3n) is 5.83. The number of nitrogens with zero attached hydrogens (tertiary/aromatic N) is 3. The molecule has 5 heteroatoms. The molecule has 1 aromatic carbocycles. The lowest BCUT2D eigenvalue weighted by atomic mass is 9.74.